The Morgan fingerprint density at radius 2 is 2.29 bits per heavy atom. The summed E-state index contributed by atoms with van der Waals surface area (Å²) in [6.45, 7) is -0.449. The van der Waals surface area contributed by atoms with E-state index in [1.165, 1.54) is 7.05 Å². The number of hydrogen-bond acceptors (Lipinski definition) is 2. The number of amides is 1. The Kier molecular flexibility index (Phi) is 2.15. The van der Waals surface area contributed by atoms with Gasteiger partial charge in [0.15, 0.2) is 0 Å². The average Bonchev–Trinajstić information content (AvgIpc) is 1.65. The first-order valence-electron chi connectivity index (χ1n) is 1.73. The monoisotopic (exact) mass is 105 g/mol. The lowest BCUT2D eigenvalue weighted by Crippen LogP contribution is -2.25. The van der Waals surface area contributed by atoms with Crippen molar-refractivity contribution in [3.63, 3.8) is 0 Å². The molecule has 2 N–H and O–H groups in total. The standard InChI is InChI=1S/C3H7NO3/c1-4(2-5)3(6)7/h5H,2H2,1H3,(H,6,7). The number of aliphatic hydroxyl groups is 1. The molecule has 0 aromatic carbocycles. The second kappa shape index (κ2) is 2.41. The first-order chi connectivity index (χ1) is 3.18. The van der Waals surface area contributed by atoms with Gasteiger partial charge in [0.25, 0.3) is 0 Å². The van der Waals surface area contributed by atoms with Crippen LogP contribution in [0.2, 0.25) is 0 Å². The minimum Gasteiger partial charge on any atom is -0.465 e. The highest BCUT2D eigenvalue weighted by Crippen LogP contribution is 1.75. The second-order valence-corrected chi connectivity index (χ2v) is 1.12. The molecule has 1 amide bonds. The van der Waals surface area contributed by atoms with Crippen molar-refractivity contribution >= 4 is 6.09 Å². The van der Waals surface area contributed by atoms with Gasteiger partial charge in [0.05, 0.1) is 0 Å². The lowest BCUT2D eigenvalue weighted by Gasteiger charge is -2.05. The zero-order chi connectivity index (χ0) is 5.86. The molecule has 0 saturated carbocycles. The fourth-order valence-corrected chi connectivity index (χ4v) is 0.0605. The lowest BCUT2D eigenvalue weighted by molar-refractivity contribution is 0.105. The molecule has 42 valence electrons. The molecule has 0 atom stereocenters. The van der Waals surface area contributed by atoms with Gasteiger partial charge in [-0.05, 0) is 0 Å². The summed E-state index contributed by atoms with van der Waals surface area (Å²) < 4.78 is 0. The fraction of sp³-hybridized carbons (Fsp3) is 0.667. The van der Waals surface area contributed by atoms with Crippen LogP contribution >= 0.6 is 0 Å². The molecule has 0 saturated heterocycles. The van der Waals surface area contributed by atoms with Gasteiger partial charge >= 0.3 is 6.09 Å². The summed E-state index contributed by atoms with van der Waals surface area (Å²) in [4.78, 5) is 10.5. The molecule has 7 heavy (non-hydrogen) atoms. The van der Waals surface area contributed by atoms with Gasteiger partial charge in [-0.2, -0.15) is 0 Å². The van der Waals surface area contributed by atoms with Gasteiger partial charge in [-0.15, -0.1) is 0 Å². The van der Waals surface area contributed by atoms with Crippen LogP contribution in [0, 0.1) is 0 Å². The predicted octanol–water partition coefficient (Wildman–Crippen LogP) is -0.454. The van der Waals surface area contributed by atoms with Gasteiger partial charge in [-0.3, -0.25) is 4.90 Å². The smallest absolute Gasteiger partial charge is 0.408 e. The largest absolute Gasteiger partial charge is 0.465 e. The third-order valence-electron chi connectivity index (χ3n) is 0.539. The van der Waals surface area contributed by atoms with Crippen LogP contribution in [0.15, 0.2) is 0 Å². The van der Waals surface area contributed by atoms with Crippen molar-refractivity contribution in [1.29, 1.82) is 0 Å². The molecule has 0 bridgehead atoms. The van der Waals surface area contributed by atoms with Crippen molar-refractivity contribution in [1.82, 2.24) is 4.90 Å². The van der Waals surface area contributed by atoms with E-state index in [4.69, 9.17) is 10.2 Å². The summed E-state index contributed by atoms with van der Waals surface area (Å²) in [7, 11) is 1.28. The van der Waals surface area contributed by atoms with Crippen LogP contribution in [0.5, 0.6) is 0 Å². The minimum atomic E-state index is -1.12. The van der Waals surface area contributed by atoms with Crippen LogP contribution in [-0.4, -0.2) is 35.0 Å². The topological polar surface area (TPSA) is 60.8 Å². The van der Waals surface area contributed by atoms with E-state index in [0.29, 0.717) is 0 Å². The molecule has 0 aromatic rings. The average molecular weight is 105 g/mol. The molecule has 0 unspecified atom stereocenters. The van der Waals surface area contributed by atoms with Crippen molar-refractivity contribution in [2.45, 2.75) is 0 Å². The zero-order valence-corrected chi connectivity index (χ0v) is 3.96. The van der Waals surface area contributed by atoms with Crippen LogP contribution in [0.3, 0.4) is 0 Å². The van der Waals surface area contributed by atoms with E-state index < -0.39 is 12.8 Å². The van der Waals surface area contributed by atoms with Crippen molar-refractivity contribution in [3.05, 3.63) is 0 Å². The first-order valence-corrected chi connectivity index (χ1v) is 1.73. The molecule has 0 spiro atoms. The van der Waals surface area contributed by atoms with Gasteiger partial charge in [0, 0.05) is 7.05 Å². The highest BCUT2D eigenvalue weighted by atomic mass is 16.4. The minimum absolute atomic E-state index is 0.449. The predicted molar refractivity (Wildman–Crippen MR) is 22.9 cm³/mol. The number of carbonyl (C=O) groups is 1. The molecule has 0 radical (unpaired) electrons. The Balaban J connectivity index is 3.34. The summed E-state index contributed by atoms with van der Waals surface area (Å²) in [5, 5.41) is 16.0. The van der Waals surface area contributed by atoms with Gasteiger partial charge in [0.1, 0.15) is 6.73 Å². The molecule has 0 aliphatic carbocycles. The van der Waals surface area contributed by atoms with E-state index in [0.717, 1.165) is 4.90 Å². The zero-order valence-electron chi connectivity index (χ0n) is 3.96. The van der Waals surface area contributed by atoms with Crippen LogP contribution in [0.1, 0.15) is 0 Å². The summed E-state index contributed by atoms with van der Waals surface area (Å²) in [6.07, 6.45) is -1.12. The van der Waals surface area contributed by atoms with E-state index in [2.05, 4.69) is 0 Å². The van der Waals surface area contributed by atoms with E-state index in [-0.39, 0.29) is 0 Å². The molecule has 0 aliphatic rings. The molecule has 0 aliphatic heterocycles. The fourth-order valence-electron chi connectivity index (χ4n) is 0.0605. The lowest BCUT2D eigenvalue weighted by atomic mass is 10.9. The number of aliphatic hydroxyl groups excluding tert-OH is 1. The van der Waals surface area contributed by atoms with Gasteiger partial charge in [-0.1, -0.05) is 0 Å². The van der Waals surface area contributed by atoms with Gasteiger partial charge in [0.2, 0.25) is 0 Å². The summed E-state index contributed by atoms with van der Waals surface area (Å²) in [6, 6.07) is 0. The van der Waals surface area contributed by atoms with Crippen molar-refractivity contribution in [3.8, 4) is 0 Å². The first kappa shape index (κ1) is 6.23. The summed E-state index contributed by atoms with van der Waals surface area (Å²) in [5.74, 6) is 0. The Morgan fingerprint density at radius 1 is 1.86 bits per heavy atom. The van der Waals surface area contributed by atoms with Crippen LogP contribution in [0.25, 0.3) is 0 Å². The molecule has 4 heteroatoms. The Labute approximate surface area is 41.0 Å². The van der Waals surface area contributed by atoms with Crippen LogP contribution in [0.4, 0.5) is 4.79 Å². The summed E-state index contributed by atoms with van der Waals surface area (Å²) in [5.41, 5.74) is 0. The Bertz CT molecular complexity index is 72.6. The molecule has 0 heterocycles. The van der Waals surface area contributed by atoms with E-state index >= 15 is 0 Å². The van der Waals surface area contributed by atoms with Crippen molar-refractivity contribution in [2.75, 3.05) is 13.8 Å². The van der Waals surface area contributed by atoms with E-state index in [1.807, 2.05) is 0 Å². The molecule has 0 aromatic heterocycles. The van der Waals surface area contributed by atoms with Gasteiger partial charge in [-0.25, -0.2) is 4.79 Å². The Hall–Kier alpha value is -0.770. The highest BCUT2D eigenvalue weighted by Gasteiger charge is 1.98. The molecular formula is C3H7NO3. The van der Waals surface area contributed by atoms with Crippen molar-refractivity contribution < 1.29 is 15.0 Å². The normalized spacial score (nSPS) is 8.29. The SMILES string of the molecule is CN(CO)C(=O)O. The number of carboxylic acid groups (broad SMARTS) is 1. The third kappa shape index (κ3) is 1.99. The maximum Gasteiger partial charge on any atom is 0.408 e. The van der Waals surface area contributed by atoms with Gasteiger partial charge < -0.3 is 10.2 Å². The second-order valence-electron chi connectivity index (χ2n) is 1.12. The Morgan fingerprint density at radius 3 is 2.29 bits per heavy atom. The molecule has 0 fully saturated rings. The summed E-state index contributed by atoms with van der Waals surface area (Å²) >= 11 is 0. The molecule has 4 nitrogen and oxygen atoms in total. The van der Waals surface area contributed by atoms with Crippen LogP contribution in [-0.2, 0) is 0 Å². The third-order valence-corrected chi connectivity index (χ3v) is 0.539. The highest BCUT2D eigenvalue weighted by molar-refractivity contribution is 5.64. The number of nitrogens with zero attached hydrogens (tertiary/aromatic N) is 1. The van der Waals surface area contributed by atoms with Crippen molar-refractivity contribution in [2.24, 2.45) is 0 Å². The molecular weight excluding hydrogens is 98.0 g/mol. The maximum absolute atomic E-state index is 9.70. The van der Waals surface area contributed by atoms with E-state index in [1.54, 1.807) is 0 Å². The number of rotatable bonds is 1. The number of hydrogen-bond donors (Lipinski definition) is 2. The quantitative estimate of drug-likeness (QED) is 0.444. The maximum atomic E-state index is 9.70. The molecule has 0 rings (SSSR count). The van der Waals surface area contributed by atoms with Crippen LogP contribution < -0.4 is 0 Å². The van der Waals surface area contributed by atoms with E-state index in [9.17, 15) is 4.79 Å².